The van der Waals surface area contributed by atoms with Crippen molar-refractivity contribution >= 4 is 38.7 Å². The van der Waals surface area contributed by atoms with Gasteiger partial charge in [-0.1, -0.05) is 19.9 Å². The maximum atomic E-state index is 15.4. The summed E-state index contributed by atoms with van der Waals surface area (Å²) >= 11 is 0. The maximum absolute atomic E-state index is 15.4. The van der Waals surface area contributed by atoms with E-state index in [1.54, 1.807) is 44.7 Å². The number of carbonyl (C=O) groups excluding carboxylic acids is 2. The monoisotopic (exact) mass is 525 g/mol. The summed E-state index contributed by atoms with van der Waals surface area (Å²) in [4.78, 5) is 25.3. The number of carbonyl (C=O) groups is 2. The zero-order chi connectivity index (χ0) is 27.1. The SMILES string of the molecule is CN(CC(C)(C)CCOc1ccc2cc(O)c(N3CC(=O)NS3(=O)=O)c(F)c2c1)C(=O)OC(C)(C)C. The number of benzene rings is 2. The quantitative estimate of drug-likeness (QED) is 0.566. The molecule has 0 spiro atoms. The van der Waals surface area contributed by atoms with E-state index in [0.717, 1.165) is 0 Å². The molecular weight excluding hydrogens is 493 g/mol. The van der Waals surface area contributed by atoms with Crippen LogP contribution in [0.15, 0.2) is 24.3 Å². The van der Waals surface area contributed by atoms with Gasteiger partial charge in [0, 0.05) is 19.0 Å². The molecule has 2 N–H and O–H groups in total. The Labute approximate surface area is 210 Å². The van der Waals surface area contributed by atoms with Crippen LogP contribution in [0.2, 0.25) is 0 Å². The molecule has 2 aromatic carbocycles. The van der Waals surface area contributed by atoms with Gasteiger partial charge in [-0.05, 0) is 56.2 Å². The molecule has 0 radical (unpaired) electrons. The first-order chi connectivity index (χ1) is 16.5. The standard InChI is InChI=1S/C24H32FN3O7S/c1-23(2,3)35-22(31)27(6)14-24(4,5)9-10-34-16-8-7-15-11-18(29)21(20(25)17(15)12-16)28-13-19(30)26-36(28,32)33/h7-8,11-12,29H,9-10,13-14H2,1-6H3,(H,26,30). The van der Waals surface area contributed by atoms with Crippen LogP contribution in [0.4, 0.5) is 14.9 Å². The second kappa shape index (κ2) is 9.64. The number of fused-ring (bicyclic) bond motifs is 1. The lowest BCUT2D eigenvalue weighted by Gasteiger charge is -2.31. The van der Waals surface area contributed by atoms with Gasteiger partial charge in [-0.3, -0.25) is 4.79 Å². The maximum Gasteiger partial charge on any atom is 0.410 e. The van der Waals surface area contributed by atoms with Crippen molar-refractivity contribution in [1.82, 2.24) is 9.62 Å². The molecule has 1 aliphatic rings. The number of nitrogens with one attached hydrogen (secondary N) is 1. The Morgan fingerprint density at radius 2 is 1.89 bits per heavy atom. The van der Waals surface area contributed by atoms with Crippen molar-refractivity contribution in [2.75, 3.05) is 31.0 Å². The normalized spacial score (nSPS) is 15.6. The number of rotatable bonds is 7. The van der Waals surface area contributed by atoms with E-state index >= 15 is 4.39 Å². The van der Waals surface area contributed by atoms with Gasteiger partial charge in [0.05, 0.1) is 6.61 Å². The highest BCUT2D eigenvalue weighted by atomic mass is 32.2. The third-order valence-electron chi connectivity index (χ3n) is 5.49. The Balaban J connectivity index is 1.73. The number of hydrogen-bond acceptors (Lipinski definition) is 7. The number of phenols is 1. The fourth-order valence-electron chi connectivity index (χ4n) is 3.85. The third kappa shape index (κ3) is 6.28. The molecule has 36 heavy (non-hydrogen) atoms. The molecule has 0 aromatic heterocycles. The second-order valence-corrected chi connectivity index (χ2v) is 12.2. The Bertz CT molecular complexity index is 1290. The van der Waals surface area contributed by atoms with Crippen molar-refractivity contribution in [2.24, 2.45) is 5.41 Å². The molecule has 0 unspecified atom stereocenters. The minimum atomic E-state index is -4.30. The molecule has 0 atom stereocenters. The summed E-state index contributed by atoms with van der Waals surface area (Å²) in [6.45, 7) is 9.43. The molecule has 1 saturated heterocycles. The zero-order valence-corrected chi connectivity index (χ0v) is 22.0. The highest BCUT2D eigenvalue weighted by Gasteiger charge is 2.38. The van der Waals surface area contributed by atoms with E-state index in [1.165, 1.54) is 17.0 Å². The van der Waals surface area contributed by atoms with E-state index in [2.05, 4.69) is 0 Å². The molecule has 0 aliphatic carbocycles. The molecule has 0 bridgehead atoms. The summed E-state index contributed by atoms with van der Waals surface area (Å²) in [7, 11) is -2.64. The topological polar surface area (TPSA) is 125 Å². The van der Waals surface area contributed by atoms with Gasteiger partial charge < -0.3 is 19.5 Å². The molecule has 10 nitrogen and oxygen atoms in total. The first-order valence-electron chi connectivity index (χ1n) is 11.3. The van der Waals surface area contributed by atoms with Crippen molar-refractivity contribution < 1.29 is 37.0 Å². The fourth-order valence-corrected chi connectivity index (χ4v) is 5.01. The summed E-state index contributed by atoms with van der Waals surface area (Å²) in [6, 6.07) is 5.79. The van der Waals surface area contributed by atoms with E-state index < -0.39 is 51.6 Å². The smallest absolute Gasteiger partial charge is 0.410 e. The number of amides is 2. The molecule has 198 valence electrons. The van der Waals surface area contributed by atoms with E-state index in [1.807, 2.05) is 13.8 Å². The van der Waals surface area contributed by atoms with E-state index in [-0.39, 0.29) is 17.4 Å². The molecule has 1 heterocycles. The molecule has 2 aromatic rings. The number of hydrogen-bond donors (Lipinski definition) is 2. The van der Waals surface area contributed by atoms with Crippen LogP contribution in [0, 0.1) is 11.2 Å². The van der Waals surface area contributed by atoms with Gasteiger partial charge in [-0.25, -0.2) is 18.2 Å². The second-order valence-electron chi connectivity index (χ2n) is 10.6. The predicted octanol–water partition coefficient (Wildman–Crippen LogP) is 3.53. The number of anilines is 1. The number of ether oxygens (including phenoxy) is 2. The van der Waals surface area contributed by atoms with Crippen molar-refractivity contribution in [2.45, 2.75) is 46.6 Å². The highest BCUT2D eigenvalue weighted by Crippen LogP contribution is 2.39. The minimum Gasteiger partial charge on any atom is -0.506 e. The first-order valence-corrected chi connectivity index (χ1v) is 12.8. The lowest BCUT2D eigenvalue weighted by Crippen LogP contribution is -2.40. The lowest BCUT2D eigenvalue weighted by molar-refractivity contribution is -0.117. The van der Waals surface area contributed by atoms with Crippen molar-refractivity contribution in [3.05, 3.63) is 30.1 Å². The van der Waals surface area contributed by atoms with Crippen LogP contribution in [0.1, 0.15) is 41.0 Å². The summed E-state index contributed by atoms with van der Waals surface area (Å²) in [6.07, 6.45) is 0.152. The van der Waals surface area contributed by atoms with Crippen molar-refractivity contribution in [3.8, 4) is 11.5 Å². The van der Waals surface area contributed by atoms with Crippen LogP contribution >= 0.6 is 0 Å². The third-order valence-corrected chi connectivity index (χ3v) is 6.87. The Kier molecular flexibility index (Phi) is 7.31. The van der Waals surface area contributed by atoms with Gasteiger partial charge >= 0.3 is 16.3 Å². The Hall–Kier alpha value is -3.28. The van der Waals surface area contributed by atoms with E-state index in [4.69, 9.17) is 9.47 Å². The molecule has 3 rings (SSSR count). The number of phenolic OH excluding ortho intramolecular Hbond substituents is 1. The van der Waals surface area contributed by atoms with Gasteiger partial charge in [0.2, 0.25) is 0 Å². The summed E-state index contributed by atoms with van der Waals surface area (Å²) < 4.78 is 53.1. The predicted molar refractivity (Wildman–Crippen MR) is 133 cm³/mol. The molecular formula is C24H32FN3O7S. The molecule has 12 heteroatoms. The highest BCUT2D eigenvalue weighted by molar-refractivity contribution is 7.92. The van der Waals surface area contributed by atoms with Gasteiger partial charge in [-0.2, -0.15) is 8.42 Å². The number of halogens is 1. The minimum absolute atomic E-state index is 0.0266. The summed E-state index contributed by atoms with van der Waals surface area (Å²) in [5.74, 6) is -2.09. The van der Waals surface area contributed by atoms with Crippen LogP contribution in [0.25, 0.3) is 10.8 Å². The number of nitrogens with zero attached hydrogens (tertiary/aromatic N) is 2. The largest absolute Gasteiger partial charge is 0.506 e. The summed E-state index contributed by atoms with van der Waals surface area (Å²) in [5.41, 5.74) is -1.51. The Morgan fingerprint density at radius 3 is 2.47 bits per heavy atom. The molecule has 1 aliphatic heterocycles. The van der Waals surface area contributed by atoms with E-state index in [9.17, 15) is 23.1 Å². The molecule has 0 saturated carbocycles. The average Bonchev–Trinajstić information content (AvgIpc) is 2.98. The van der Waals surface area contributed by atoms with Gasteiger partial charge in [0.1, 0.15) is 29.3 Å². The van der Waals surface area contributed by atoms with Crippen molar-refractivity contribution in [1.29, 1.82) is 0 Å². The molecule has 1 fully saturated rings. The van der Waals surface area contributed by atoms with Gasteiger partial charge in [0.25, 0.3) is 5.91 Å². The lowest BCUT2D eigenvalue weighted by atomic mass is 9.89. The first kappa shape index (κ1) is 27.3. The molecule has 2 amide bonds. The summed E-state index contributed by atoms with van der Waals surface area (Å²) in [5, 5.41) is 10.6. The van der Waals surface area contributed by atoms with Crippen molar-refractivity contribution in [3.63, 3.8) is 0 Å². The Morgan fingerprint density at radius 1 is 1.22 bits per heavy atom. The van der Waals surface area contributed by atoms with Crippen LogP contribution < -0.4 is 13.8 Å². The van der Waals surface area contributed by atoms with Crippen LogP contribution in [-0.2, 0) is 19.7 Å². The van der Waals surface area contributed by atoms with Crippen LogP contribution in [0.5, 0.6) is 11.5 Å². The average molecular weight is 526 g/mol. The number of aromatic hydroxyl groups is 1. The van der Waals surface area contributed by atoms with Gasteiger partial charge in [-0.15, -0.1) is 0 Å². The van der Waals surface area contributed by atoms with E-state index in [0.29, 0.717) is 28.4 Å². The van der Waals surface area contributed by atoms with Gasteiger partial charge in [0.15, 0.2) is 5.82 Å². The zero-order valence-electron chi connectivity index (χ0n) is 21.2. The fraction of sp³-hybridized carbons (Fsp3) is 0.500. The van der Waals surface area contributed by atoms with Crippen LogP contribution in [-0.4, -0.2) is 62.8 Å². The van der Waals surface area contributed by atoms with Crippen LogP contribution in [0.3, 0.4) is 0 Å².